The van der Waals surface area contributed by atoms with E-state index in [1.165, 1.54) is 11.6 Å². The Kier molecular flexibility index (Phi) is 2.86. The minimum atomic E-state index is -0.392. The topological polar surface area (TPSA) is 77.1 Å². The molecule has 0 amide bonds. The highest BCUT2D eigenvalue weighted by molar-refractivity contribution is 9.10. The number of aromatic nitrogens is 5. The van der Waals surface area contributed by atoms with Crippen molar-refractivity contribution >= 4 is 32.9 Å². The zero-order chi connectivity index (χ0) is 16.3. The van der Waals surface area contributed by atoms with E-state index in [0.29, 0.717) is 16.9 Å². The molecule has 0 radical (unpaired) electrons. The third-order valence-corrected chi connectivity index (χ3v) is 4.48. The van der Waals surface area contributed by atoms with Gasteiger partial charge in [0.05, 0.1) is 5.69 Å². The van der Waals surface area contributed by atoms with Gasteiger partial charge in [-0.25, -0.2) is 4.79 Å². The van der Waals surface area contributed by atoms with E-state index >= 15 is 0 Å². The predicted octanol–water partition coefficient (Wildman–Crippen LogP) is 1.64. The average Bonchev–Trinajstić information content (AvgIpc) is 3.09. The van der Waals surface area contributed by atoms with Gasteiger partial charge in [-0.3, -0.25) is 18.3 Å². The molecule has 1 aromatic carbocycles. The molecule has 4 rings (SSSR count). The maximum absolute atomic E-state index is 12.4. The Hall–Kier alpha value is -2.61. The van der Waals surface area contributed by atoms with Crippen molar-refractivity contribution in [1.82, 2.24) is 23.5 Å². The third-order valence-electron chi connectivity index (χ3n) is 3.95. The number of halogens is 1. The first-order valence-corrected chi connectivity index (χ1v) is 7.69. The molecule has 0 aliphatic heterocycles. The first kappa shape index (κ1) is 14.0. The van der Waals surface area contributed by atoms with E-state index in [1.807, 2.05) is 30.5 Å². The maximum atomic E-state index is 12.4. The lowest BCUT2D eigenvalue weighted by Gasteiger charge is -2.02. The zero-order valence-electron chi connectivity index (χ0n) is 12.4. The number of aryl methyl sites for hydroxylation is 1. The van der Waals surface area contributed by atoms with Crippen molar-refractivity contribution < 1.29 is 0 Å². The lowest BCUT2D eigenvalue weighted by molar-refractivity contribution is 0.708. The smallest absolute Gasteiger partial charge is 0.323 e. The molecule has 8 heteroatoms. The Labute approximate surface area is 137 Å². The van der Waals surface area contributed by atoms with E-state index in [2.05, 4.69) is 25.9 Å². The molecule has 0 aliphatic carbocycles. The minimum Gasteiger partial charge on any atom is -0.323 e. The summed E-state index contributed by atoms with van der Waals surface area (Å²) in [6.45, 7) is 0. The van der Waals surface area contributed by atoms with Gasteiger partial charge in [-0.2, -0.15) is 4.98 Å². The van der Waals surface area contributed by atoms with Gasteiger partial charge in [0.15, 0.2) is 11.2 Å². The summed E-state index contributed by atoms with van der Waals surface area (Å²) in [5, 5.41) is 0. The van der Waals surface area contributed by atoms with Crippen molar-refractivity contribution in [2.24, 2.45) is 14.1 Å². The first-order valence-electron chi connectivity index (χ1n) is 6.90. The van der Waals surface area contributed by atoms with Crippen molar-refractivity contribution in [1.29, 1.82) is 0 Å². The monoisotopic (exact) mass is 373 g/mol. The molecule has 116 valence electrons. The fourth-order valence-corrected chi connectivity index (χ4v) is 2.95. The normalized spacial score (nSPS) is 11.6. The van der Waals surface area contributed by atoms with E-state index < -0.39 is 5.69 Å². The molecule has 3 heterocycles. The largest absolute Gasteiger partial charge is 0.332 e. The first-order chi connectivity index (χ1) is 11.0. The van der Waals surface area contributed by atoms with Crippen LogP contribution >= 0.6 is 15.9 Å². The fourth-order valence-electron chi connectivity index (χ4n) is 2.69. The van der Waals surface area contributed by atoms with Crippen LogP contribution in [0.2, 0.25) is 0 Å². The quantitative estimate of drug-likeness (QED) is 0.550. The van der Waals surface area contributed by atoms with E-state index in [4.69, 9.17) is 0 Å². The van der Waals surface area contributed by atoms with Crippen molar-refractivity contribution in [2.45, 2.75) is 0 Å². The van der Waals surface area contributed by atoms with Gasteiger partial charge in [0.1, 0.15) is 0 Å². The van der Waals surface area contributed by atoms with Gasteiger partial charge in [-0.15, -0.1) is 0 Å². The van der Waals surface area contributed by atoms with E-state index in [0.717, 1.165) is 20.3 Å². The van der Waals surface area contributed by atoms with Crippen LogP contribution in [0, 0.1) is 0 Å². The van der Waals surface area contributed by atoms with Crippen LogP contribution in [-0.4, -0.2) is 23.5 Å². The second kappa shape index (κ2) is 4.69. The lowest BCUT2D eigenvalue weighted by atomic mass is 10.2. The zero-order valence-corrected chi connectivity index (χ0v) is 14.0. The summed E-state index contributed by atoms with van der Waals surface area (Å²) in [5.74, 6) is 0.524. The molecule has 1 N–H and O–H groups in total. The number of imidazole rings is 2. The van der Waals surface area contributed by atoms with Gasteiger partial charge in [0.2, 0.25) is 5.78 Å². The highest BCUT2D eigenvalue weighted by atomic mass is 79.9. The Morgan fingerprint density at radius 1 is 1.09 bits per heavy atom. The Balaban J connectivity index is 2.06. The molecule has 0 unspecified atom stereocenters. The summed E-state index contributed by atoms with van der Waals surface area (Å²) in [4.78, 5) is 32.0. The Bertz CT molecular complexity index is 1180. The fraction of sp³-hybridized carbons (Fsp3) is 0.133. The summed E-state index contributed by atoms with van der Waals surface area (Å²) in [5.41, 5.74) is 1.82. The number of fused-ring (bicyclic) bond motifs is 3. The van der Waals surface area contributed by atoms with Crippen molar-refractivity contribution in [3.8, 4) is 11.3 Å². The highest BCUT2D eigenvalue weighted by Gasteiger charge is 2.17. The molecular weight excluding hydrogens is 362 g/mol. The summed E-state index contributed by atoms with van der Waals surface area (Å²) < 4.78 is 5.14. The molecule has 7 nitrogen and oxygen atoms in total. The van der Waals surface area contributed by atoms with Crippen LogP contribution in [0.25, 0.3) is 28.2 Å². The Morgan fingerprint density at radius 3 is 2.48 bits per heavy atom. The molecule has 23 heavy (non-hydrogen) atoms. The van der Waals surface area contributed by atoms with E-state index in [9.17, 15) is 9.59 Å². The summed E-state index contributed by atoms with van der Waals surface area (Å²) in [6, 6.07) is 7.82. The number of hydrogen-bond donors (Lipinski definition) is 1. The van der Waals surface area contributed by atoms with Gasteiger partial charge >= 0.3 is 5.69 Å². The van der Waals surface area contributed by atoms with Crippen LogP contribution < -0.4 is 11.2 Å². The minimum absolute atomic E-state index is 0.364. The number of aromatic amines is 1. The van der Waals surface area contributed by atoms with Gasteiger partial charge in [-0.1, -0.05) is 28.1 Å². The predicted molar refractivity (Wildman–Crippen MR) is 90.7 cm³/mol. The molecular formula is C15H12BrN5O2. The van der Waals surface area contributed by atoms with Crippen molar-refractivity contribution in [2.75, 3.05) is 0 Å². The van der Waals surface area contributed by atoms with Crippen LogP contribution in [0.5, 0.6) is 0 Å². The molecule has 0 atom stereocenters. The maximum Gasteiger partial charge on any atom is 0.332 e. The molecule has 0 aliphatic rings. The molecule has 4 aromatic rings. The number of nitrogens with zero attached hydrogens (tertiary/aromatic N) is 4. The summed E-state index contributed by atoms with van der Waals surface area (Å²) in [6.07, 6.45) is 1.82. The van der Waals surface area contributed by atoms with E-state index in [1.54, 1.807) is 11.4 Å². The number of hydrogen-bond acceptors (Lipinski definition) is 3. The van der Waals surface area contributed by atoms with Gasteiger partial charge in [-0.05, 0) is 17.7 Å². The molecule has 3 aromatic heterocycles. The standard InChI is InChI=1S/C15H12BrN5O2/c1-19-12-11(13(22)20(2)15(19)23)21-7-10(17-14(21)18-12)8-3-5-9(16)6-4-8/h3-7H,1-2H3,(H,17,18). The molecule has 0 bridgehead atoms. The number of H-pyrrole nitrogens is 1. The highest BCUT2D eigenvalue weighted by Crippen LogP contribution is 2.22. The lowest BCUT2D eigenvalue weighted by Crippen LogP contribution is -2.37. The van der Waals surface area contributed by atoms with Crippen LogP contribution in [0.4, 0.5) is 0 Å². The average molecular weight is 374 g/mol. The molecule has 0 saturated heterocycles. The Morgan fingerprint density at radius 2 is 1.78 bits per heavy atom. The van der Waals surface area contributed by atoms with Gasteiger partial charge < -0.3 is 4.98 Å². The number of benzene rings is 1. The SMILES string of the molecule is Cn1c(=O)c2c(nc3[nH]c(-c4ccc(Br)cc4)cn32)n(C)c1=O. The molecule has 0 fully saturated rings. The van der Waals surface area contributed by atoms with Crippen LogP contribution in [0.1, 0.15) is 0 Å². The van der Waals surface area contributed by atoms with Gasteiger partial charge in [0.25, 0.3) is 5.56 Å². The van der Waals surface area contributed by atoms with Crippen LogP contribution in [0.15, 0.2) is 44.5 Å². The summed E-state index contributed by atoms with van der Waals surface area (Å²) in [7, 11) is 3.07. The van der Waals surface area contributed by atoms with Crippen LogP contribution in [-0.2, 0) is 14.1 Å². The second-order valence-electron chi connectivity index (χ2n) is 5.36. The van der Waals surface area contributed by atoms with E-state index in [-0.39, 0.29) is 5.56 Å². The second-order valence-corrected chi connectivity index (χ2v) is 6.27. The molecule has 0 spiro atoms. The molecule has 0 saturated carbocycles. The number of rotatable bonds is 1. The summed E-state index contributed by atoms with van der Waals surface area (Å²) >= 11 is 3.41. The van der Waals surface area contributed by atoms with Crippen LogP contribution in [0.3, 0.4) is 0 Å². The van der Waals surface area contributed by atoms with Gasteiger partial charge in [0, 0.05) is 24.8 Å². The van der Waals surface area contributed by atoms with Crippen molar-refractivity contribution in [3.05, 3.63) is 55.8 Å². The third kappa shape index (κ3) is 1.91. The number of nitrogens with one attached hydrogen (secondary N) is 1. The van der Waals surface area contributed by atoms with Crippen molar-refractivity contribution in [3.63, 3.8) is 0 Å².